The number of likely N-dealkylation sites (tertiary alicyclic amines) is 1. The fourth-order valence-corrected chi connectivity index (χ4v) is 3.41. The zero-order valence-corrected chi connectivity index (χ0v) is 13.3. The average Bonchev–Trinajstić information content (AvgIpc) is 3.27. The van der Waals surface area contributed by atoms with Gasteiger partial charge in [-0.25, -0.2) is 4.39 Å². The van der Waals surface area contributed by atoms with E-state index >= 15 is 0 Å². The first-order chi connectivity index (χ1) is 11.7. The lowest BCUT2D eigenvalue weighted by atomic mass is 10.1. The number of pyridine rings is 1. The van der Waals surface area contributed by atoms with Crippen molar-refractivity contribution in [3.63, 3.8) is 0 Å². The van der Waals surface area contributed by atoms with Gasteiger partial charge in [0.1, 0.15) is 17.7 Å². The Morgan fingerprint density at radius 3 is 2.67 bits per heavy atom. The smallest absolute Gasteiger partial charge is 0.226 e. The van der Waals surface area contributed by atoms with E-state index < -0.39 is 0 Å². The van der Waals surface area contributed by atoms with Gasteiger partial charge in [0.25, 0.3) is 0 Å². The van der Waals surface area contributed by atoms with Crippen LogP contribution in [0, 0.1) is 11.7 Å². The molecule has 0 unspecified atom stereocenters. The first-order valence-corrected chi connectivity index (χ1v) is 8.31. The Bertz CT molecular complexity index is 720. The molecule has 1 aromatic heterocycles. The standard InChI is InChI=1S/C19H19FN2O2/c20-14-3-1-13(2-4-14)17-11-18(17)19(23)22-10-7-16(12-22)24-15-5-8-21-9-6-15/h1-6,8-9,16-18H,7,10-12H2/t16-,17-,18-/m1/s1. The monoisotopic (exact) mass is 326 g/mol. The molecule has 0 bridgehead atoms. The van der Waals surface area contributed by atoms with Crippen LogP contribution in [0.3, 0.4) is 0 Å². The van der Waals surface area contributed by atoms with Crippen molar-refractivity contribution in [2.45, 2.75) is 24.9 Å². The Hall–Kier alpha value is -2.43. The molecule has 1 saturated carbocycles. The van der Waals surface area contributed by atoms with Crippen molar-refractivity contribution in [3.8, 4) is 5.75 Å². The van der Waals surface area contributed by atoms with Gasteiger partial charge in [0.2, 0.25) is 5.91 Å². The maximum absolute atomic E-state index is 13.0. The molecule has 3 atom stereocenters. The van der Waals surface area contributed by atoms with Crippen LogP contribution >= 0.6 is 0 Å². The average molecular weight is 326 g/mol. The maximum Gasteiger partial charge on any atom is 0.226 e. The summed E-state index contributed by atoms with van der Waals surface area (Å²) in [6.07, 6.45) is 5.15. The lowest BCUT2D eigenvalue weighted by molar-refractivity contribution is -0.131. The summed E-state index contributed by atoms with van der Waals surface area (Å²) in [6, 6.07) is 10.2. The van der Waals surface area contributed by atoms with E-state index in [9.17, 15) is 9.18 Å². The van der Waals surface area contributed by atoms with E-state index in [0.717, 1.165) is 30.7 Å². The van der Waals surface area contributed by atoms with E-state index in [4.69, 9.17) is 4.74 Å². The van der Waals surface area contributed by atoms with Crippen LogP contribution in [0.15, 0.2) is 48.8 Å². The van der Waals surface area contributed by atoms with Crippen LogP contribution in [-0.4, -0.2) is 35.0 Å². The zero-order valence-electron chi connectivity index (χ0n) is 13.3. The van der Waals surface area contributed by atoms with Crippen LogP contribution in [0.1, 0.15) is 24.3 Å². The molecule has 2 aliphatic rings. The minimum atomic E-state index is -0.238. The van der Waals surface area contributed by atoms with Gasteiger partial charge in [-0.1, -0.05) is 12.1 Å². The summed E-state index contributed by atoms with van der Waals surface area (Å²) in [6.45, 7) is 1.37. The molecule has 0 spiro atoms. The van der Waals surface area contributed by atoms with Gasteiger partial charge in [0.15, 0.2) is 0 Å². The second-order valence-corrected chi connectivity index (χ2v) is 6.50. The molecule has 124 valence electrons. The van der Waals surface area contributed by atoms with Crippen LogP contribution in [0.4, 0.5) is 4.39 Å². The molecule has 1 aliphatic heterocycles. The number of carbonyl (C=O) groups is 1. The fraction of sp³-hybridized carbons (Fsp3) is 0.368. The van der Waals surface area contributed by atoms with Gasteiger partial charge >= 0.3 is 0 Å². The van der Waals surface area contributed by atoms with Gasteiger partial charge in [0.05, 0.1) is 6.54 Å². The summed E-state index contributed by atoms with van der Waals surface area (Å²) in [5, 5.41) is 0. The Morgan fingerprint density at radius 1 is 1.17 bits per heavy atom. The largest absolute Gasteiger partial charge is 0.488 e. The van der Waals surface area contributed by atoms with Gasteiger partial charge in [-0.3, -0.25) is 9.78 Å². The number of benzene rings is 1. The third-order valence-corrected chi connectivity index (χ3v) is 4.81. The van der Waals surface area contributed by atoms with Gasteiger partial charge in [-0.2, -0.15) is 0 Å². The third-order valence-electron chi connectivity index (χ3n) is 4.81. The summed E-state index contributed by atoms with van der Waals surface area (Å²) in [5.74, 6) is 1.02. The van der Waals surface area contributed by atoms with Crippen molar-refractivity contribution in [1.82, 2.24) is 9.88 Å². The van der Waals surface area contributed by atoms with Crippen molar-refractivity contribution in [1.29, 1.82) is 0 Å². The second kappa shape index (κ2) is 6.23. The summed E-state index contributed by atoms with van der Waals surface area (Å²) in [5.41, 5.74) is 1.05. The van der Waals surface area contributed by atoms with Crippen LogP contribution in [-0.2, 0) is 4.79 Å². The normalized spacial score (nSPS) is 25.5. The van der Waals surface area contributed by atoms with Gasteiger partial charge < -0.3 is 9.64 Å². The summed E-state index contributed by atoms with van der Waals surface area (Å²) >= 11 is 0. The predicted molar refractivity (Wildman–Crippen MR) is 87.1 cm³/mol. The number of nitrogens with zero attached hydrogens (tertiary/aromatic N) is 2. The summed E-state index contributed by atoms with van der Waals surface area (Å²) < 4.78 is 18.9. The first-order valence-electron chi connectivity index (χ1n) is 8.31. The minimum absolute atomic E-state index is 0.0372. The molecule has 0 radical (unpaired) electrons. The highest BCUT2D eigenvalue weighted by Crippen LogP contribution is 2.48. The molecule has 4 nitrogen and oxygen atoms in total. The van der Waals surface area contributed by atoms with Crippen LogP contribution in [0.5, 0.6) is 5.75 Å². The van der Waals surface area contributed by atoms with E-state index in [1.54, 1.807) is 24.5 Å². The van der Waals surface area contributed by atoms with E-state index in [0.29, 0.717) is 6.54 Å². The SMILES string of the molecule is O=C([C@@H]1C[C@@H]1c1ccc(F)cc1)N1CC[C@@H](Oc2ccncc2)C1. The van der Waals surface area contributed by atoms with Crippen molar-refractivity contribution >= 4 is 5.91 Å². The van der Waals surface area contributed by atoms with Crippen molar-refractivity contribution in [2.75, 3.05) is 13.1 Å². The Labute approximate surface area is 140 Å². The highest BCUT2D eigenvalue weighted by atomic mass is 19.1. The molecule has 4 rings (SSSR count). The number of carbonyl (C=O) groups excluding carboxylic acids is 1. The lowest BCUT2D eigenvalue weighted by Gasteiger charge is -2.17. The maximum atomic E-state index is 13.0. The highest BCUT2D eigenvalue weighted by molar-refractivity contribution is 5.83. The van der Waals surface area contributed by atoms with E-state index in [2.05, 4.69) is 4.98 Å². The number of amides is 1. The van der Waals surface area contributed by atoms with Crippen molar-refractivity contribution < 1.29 is 13.9 Å². The molecule has 5 heteroatoms. The number of rotatable bonds is 4. The quantitative estimate of drug-likeness (QED) is 0.867. The summed E-state index contributed by atoms with van der Waals surface area (Å²) in [7, 11) is 0. The number of hydrogen-bond donors (Lipinski definition) is 0. The number of halogens is 1. The molecular weight excluding hydrogens is 307 g/mol. The number of hydrogen-bond acceptors (Lipinski definition) is 3. The molecule has 24 heavy (non-hydrogen) atoms. The molecule has 2 aromatic rings. The second-order valence-electron chi connectivity index (χ2n) is 6.50. The van der Waals surface area contributed by atoms with Gasteiger partial charge in [0, 0.05) is 31.3 Å². The van der Waals surface area contributed by atoms with Crippen LogP contribution in [0.2, 0.25) is 0 Å². The third kappa shape index (κ3) is 3.11. The number of ether oxygens (including phenoxy) is 1. The zero-order chi connectivity index (χ0) is 16.5. The molecule has 1 saturated heterocycles. The van der Waals surface area contributed by atoms with Gasteiger partial charge in [-0.05, 0) is 42.2 Å². The molecule has 0 N–H and O–H groups in total. The Morgan fingerprint density at radius 2 is 1.92 bits per heavy atom. The highest BCUT2D eigenvalue weighted by Gasteiger charge is 2.46. The minimum Gasteiger partial charge on any atom is -0.488 e. The molecule has 2 fully saturated rings. The molecule has 1 aromatic carbocycles. The number of aromatic nitrogens is 1. The lowest BCUT2D eigenvalue weighted by Crippen LogP contribution is -2.32. The predicted octanol–water partition coefficient (Wildman–Crippen LogP) is 3.00. The van der Waals surface area contributed by atoms with E-state index in [1.165, 1.54) is 12.1 Å². The van der Waals surface area contributed by atoms with Gasteiger partial charge in [-0.15, -0.1) is 0 Å². The van der Waals surface area contributed by atoms with E-state index in [-0.39, 0.29) is 29.7 Å². The topological polar surface area (TPSA) is 42.4 Å². The van der Waals surface area contributed by atoms with Crippen LogP contribution in [0.25, 0.3) is 0 Å². The molecule has 1 amide bonds. The molecule has 1 aliphatic carbocycles. The molecule has 2 heterocycles. The van der Waals surface area contributed by atoms with Crippen molar-refractivity contribution in [2.24, 2.45) is 5.92 Å². The van der Waals surface area contributed by atoms with Crippen LogP contribution < -0.4 is 4.74 Å². The Balaban J connectivity index is 1.33. The van der Waals surface area contributed by atoms with Crippen molar-refractivity contribution in [3.05, 3.63) is 60.2 Å². The Kier molecular flexibility index (Phi) is 3.92. The fourth-order valence-electron chi connectivity index (χ4n) is 3.41. The summed E-state index contributed by atoms with van der Waals surface area (Å²) in [4.78, 5) is 18.5. The van der Waals surface area contributed by atoms with E-state index in [1.807, 2.05) is 17.0 Å². The first kappa shape index (κ1) is 15.1. The molecular formula is C19H19FN2O2.